The highest BCUT2D eigenvalue weighted by Gasteiger charge is 2.59. The summed E-state index contributed by atoms with van der Waals surface area (Å²) in [6, 6.07) is 14.4. The van der Waals surface area contributed by atoms with E-state index in [2.05, 4.69) is 9.71 Å². The zero-order valence-corrected chi connectivity index (χ0v) is 13.7. The third kappa shape index (κ3) is 2.74. The van der Waals surface area contributed by atoms with Crippen LogP contribution in [0.3, 0.4) is 0 Å². The number of hydrogen-bond donors (Lipinski definition) is 1. The monoisotopic (exact) mass is 327 g/mol. The van der Waals surface area contributed by atoms with Crippen LogP contribution in [0.2, 0.25) is 0 Å². The van der Waals surface area contributed by atoms with E-state index in [1.165, 1.54) is 18.3 Å². The number of nitrogens with zero attached hydrogens (tertiary/aromatic N) is 2. The van der Waals surface area contributed by atoms with Crippen LogP contribution in [-0.4, -0.2) is 19.4 Å². The van der Waals surface area contributed by atoms with Crippen LogP contribution < -0.4 is 4.72 Å². The van der Waals surface area contributed by atoms with Crippen LogP contribution in [0.5, 0.6) is 0 Å². The number of hydrogen-bond acceptors (Lipinski definition) is 4. The van der Waals surface area contributed by atoms with Crippen LogP contribution in [0.25, 0.3) is 0 Å². The van der Waals surface area contributed by atoms with Crippen molar-refractivity contribution in [2.45, 2.75) is 30.7 Å². The Balaban J connectivity index is 1.89. The molecule has 1 aromatic heterocycles. The average Bonchev–Trinajstić information content (AvgIpc) is 3.07. The van der Waals surface area contributed by atoms with Gasteiger partial charge >= 0.3 is 0 Å². The molecule has 23 heavy (non-hydrogen) atoms. The van der Waals surface area contributed by atoms with Crippen molar-refractivity contribution >= 4 is 10.0 Å². The fraction of sp³-hybridized carbons (Fsp3) is 0.294. The average molecular weight is 327 g/mol. The molecule has 5 nitrogen and oxygen atoms in total. The summed E-state index contributed by atoms with van der Waals surface area (Å²) in [6.45, 7) is 4.07. The lowest BCUT2D eigenvalue weighted by molar-refractivity contribution is 0.552. The number of rotatable bonds is 4. The van der Waals surface area contributed by atoms with E-state index in [4.69, 9.17) is 5.26 Å². The minimum atomic E-state index is -3.79. The summed E-state index contributed by atoms with van der Waals surface area (Å²) in [5, 5.41) is 9.06. The number of pyridine rings is 1. The van der Waals surface area contributed by atoms with Gasteiger partial charge in [-0.05, 0) is 23.1 Å². The number of nitrogens with one attached hydrogen (secondary N) is 1. The Kier molecular flexibility index (Phi) is 3.71. The van der Waals surface area contributed by atoms with Gasteiger partial charge in [-0.15, -0.1) is 0 Å². The summed E-state index contributed by atoms with van der Waals surface area (Å²) in [4.78, 5) is 3.75. The molecule has 0 unspecified atom stereocenters. The van der Waals surface area contributed by atoms with E-state index in [0.717, 1.165) is 5.56 Å². The molecule has 1 heterocycles. The zero-order chi connectivity index (χ0) is 16.7. The van der Waals surface area contributed by atoms with Gasteiger partial charge in [0, 0.05) is 18.2 Å². The van der Waals surface area contributed by atoms with Crippen molar-refractivity contribution < 1.29 is 8.42 Å². The first-order valence-electron chi connectivity index (χ1n) is 7.30. The number of aromatic nitrogens is 1. The van der Waals surface area contributed by atoms with Gasteiger partial charge in [-0.2, -0.15) is 5.26 Å². The molecular formula is C17H17N3O2S. The number of nitriles is 1. The van der Waals surface area contributed by atoms with Crippen LogP contribution in [0.15, 0.2) is 53.6 Å². The molecule has 1 aliphatic rings. The summed E-state index contributed by atoms with van der Waals surface area (Å²) >= 11 is 0. The van der Waals surface area contributed by atoms with Gasteiger partial charge in [-0.25, -0.2) is 18.1 Å². The highest BCUT2D eigenvalue weighted by Crippen LogP contribution is 2.59. The topological polar surface area (TPSA) is 82.8 Å². The van der Waals surface area contributed by atoms with Crippen LogP contribution >= 0.6 is 0 Å². The van der Waals surface area contributed by atoms with Crippen LogP contribution in [0.4, 0.5) is 0 Å². The van der Waals surface area contributed by atoms with Gasteiger partial charge in [0.15, 0.2) is 5.69 Å². The Morgan fingerprint density at radius 2 is 1.87 bits per heavy atom. The molecule has 2 aromatic rings. The fourth-order valence-electron chi connectivity index (χ4n) is 3.06. The summed E-state index contributed by atoms with van der Waals surface area (Å²) in [5.41, 5.74) is 0.843. The third-order valence-electron chi connectivity index (χ3n) is 4.43. The fourth-order valence-corrected chi connectivity index (χ4v) is 4.57. The van der Waals surface area contributed by atoms with E-state index < -0.39 is 10.0 Å². The predicted molar refractivity (Wildman–Crippen MR) is 86.0 cm³/mol. The van der Waals surface area contributed by atoms with Crippen molar-refractivity contribution in [1.29, 1.82) is 5.26 Å². The summed E-state index contributed by atoms with van der Waals surface area (Å²) in [7, 11) is -3.79. The van der Waals surface area contributed by atoms with Crippen LogP contribution in [-0.2, 0) is 10.0 Å². The standard InChI is InChI=1S/C17H17N3O2S/c1-17(2)15(12-7-4-3-5-8-12)16(17)20-23(21,22)14-9-6-10-19-13(14)11-18/h3-10,15-16,20H,1-2H3/t15-,16-/m0/s1. The first-order valence-corrected chi connectivity index (χ1v) is 8.78. The Labute approximate surface area is 136 Å². The maximum absolute atomic E-state index is 12.6. The quantitative estimate of drug-likeness (QED) is 0.935. The lowest BCUT2D eigenvalue weighted by Gasteiger charge is -2.08. The van der Waals surface area contributed by atoms with E-state index in [1.54, 1.807) is 0 Å². The van der Waals surface area contributed by atoms with Crippen molar-refractivity contribution in [1.82, 2.24) is 9.71 Å². The summed E-state index contributed by atoms with van der Waals surface area (Å²) in [5.74, 6) is 0.112. The first-order chi connectivity index (χ1) is 10.9. The molecule has 118 valence electrons. The molecule has 3 rings (SSSR count). The van der Waals surface area contributed by atoms with Crippen molar-refractivity contribution in [3.63, 3.8) is 0 Å². The van der Waals surface area contributed by atoms with Gasteiger partial charge in [0.2, 0.25) is 10.0 Å². The van der Waals surface area contributed by atoms with E-state index in [1.807, 2.05) is 50.2 Å². The molecule has 0 radical (unpaired) electrons. The number of sulfonamides is 1. The molecule has 0 bridgehead atoms. The molecule has 1 aromatic carbocycles. The molecule has 0 saturated heterocycles. The van der Waals surface area contributed by atoms with E-state index in [0.29, 0.717) is 0 Å². The molecule has 0 aliphatic heterocycles. The van der Waals surface area contributed by atoms with Crippen molar-refractivity contribution in [3.05, 3.63) is 59.9 Å². The second kappa shape index (κ2) is 5.44. The molecular weight excluding hydrogens is 310 g/mol. The normalized spacial score (nSPS) is 22.3. The Hall–Kier alpha value is -2.23. The lowest BCUT2D eigenvalue weighted by Crippen LogP contribution is -2.29. The van der Waals surface area contributed by atoms with E-state index in [9.17, 15) is 8.42 Å². The number of benzene rings is 1. The van der Waals surface area contributed by atoms with Crippen molar-refractivity contribution in [3.8, 4) is 6.07 Å². The highest BCUT2D eigenvalue weighted by atomic mass is 32.2. The summed E-state index contributed by atoms with van der Waals surface area (Å²) in [6.07, 6.45) is 1.41. The lowest BCUT2D eigenvalue weighted by atomic mass is 10.0. The Morgan fingerprint density at radius 3 is 2.52 bits per heavy atom. The van der Waals surface area contributed by atoms with E-state index in [-0.39, 0.29) is 28.0 Å². The maximum Gasteiger partial charge on any atom is 0.243 e. The largest absolute Gasteiger partial charge is 0.244 e. The summed E-state index contributed by atoms with van der Waals surface area (Å²) < 4.78 is 28.0. The molecule has 0 amide bonds. The molecule has 0 spiro atoms. The molecule has 1 N–H and O–H groups in total. The van der Waals surface area contributed by atoms with Crippen molar-refractivity contribution in [2.75, 3.05) is 0 Å². The van der Waals surface area contributed by atoms with Crippen LogP contribution in [0.1, 0.15) is 31.0 Å². The first kappa shape index (κ1) is 15.7. The second-order valence-corrected chi connectivity index (χ2v) is 7.95. The maximum atomic E-state index is 12.6. The molecule has 1 fully saturated rings. The van der Waals surface area contributed by atoms with E-state index >= 15 is 0 Å². The minimum Gasteiger partial charge on any atom is -0.244 e. The van der Waals surface area contributed by atoms with Gasteiger partial charge in [0.05, 0.1) is 0 Å². The van der Waals surface area contributed by atoms with Gasteiger partial charge < -0.3 is 0 Å². The SMILES string of the molecule is CC1(C)[C@@H](NS(=O)(=O)c2cccnc2C#N)[C@@H]1c1ccccc1. The van der Waals surface area contributed by atoms with Gasteiger partial charge in [-0.1, -0.05) is 44.2 Å². The molecule has 6 heteroatoms. The van der Waals surface area contributed by atoms with Crippen molar-refractivity contribution in [2.24, 2.45) is 5.41 Å². The smallest absolute Gasteiger partial charge is 0.243 e. The van der Waals surface area contributed by atoms with Gasteiger partial charge in [0.1, 0.15) is 11.0 Å². The predicted octanol–water partition coefficient (Wildman–Crippen LogP) is 2.42. The van der Waals surface area contributed by atoms with Gasteiger partial charge in [-0.3, -0.25) is 0 Å². The molecule has 2 atom stereocenters. The Bertz CT molecular complexity index is 870. The zero-order valence-electron chi connectivity index (χ0n) is 12.9. The molecule has 1 aliphatic carbocycles. The third-order valence-corrected chi connectivity index (χ3v) is 5.91. The van der Waals surface area contributed by atoms with Crippen LogP contribution in [0, 0.1) is 16.7 Å². The highest BCUT2D eigenvalue weighted by molar-refractivity contribution is 7.89. The second-order valence-electron chi connectivity index (χ2n) is 6.27. The molecule has 1 saturated carbocycles. The van der Waals surface area contributed by atoms with Gasteiger partial charge in [0.25, 0.3) is 0 Å². The Morgan fingerprint density at radius 1 is 1.17 bits per heavy atom. The minimum absolute atomic E-state index is 0.0722.